The molecule has 0 aliphatic heterocycles. The van der Waals surface area contributed by atoms with Gasteiger partial charge in [-0.2, -0.15) is 0 Å². The Bertz CT molecular complexity index is 714. The van der Waals surface area contributed by atoms with Gasteiger partial charge in [-0.1, -0.05) is 22.0 Å². The molecule has 0 saturated heterocycles. The fourth-order valence-electron chi connectivity index (χ4n) is 1.66. The Kier molecular flexibility index (Phi) is 3.91. The molecule has 0 spiro atoms. The molecule has 0 unspecified atom stereocenters. The van der Waals surface area contributed by atoms with E-state index in [0.717, 1.165) is 4.47 Å². The van der Waals surface area contributed by atoms with E-state index >= 15 is 0 Å². The molecule has 0 fully saturated rings. The van der Waals surface area contributed by atoms with Crippen LogP contribution in [-0.2, 0) is 10.0 Å². The summed E-state index contributed by atoms with van der Waals surface area (Å²) in [6, 6.07) is 8.54. The van der Waals surface area contributed by atoms with Crippen LogP contribution in [0.2, 0.25) is 0 Å². The number of nitrogens with zero attached hydrogens (tertiary/aromatic N) is 1. The first kappa shape index (κ1) is 14.0. The van der Waals surface area contributed by atoms with Gasteiger partial charge in [0, 0.05) is 10.7 Å². The molecule has 1 aromatic heterocycles. The average Bonchev–Trinajstić information content (AvgIpc) is 2.35. The highest BCUT2D eigenvalue weighted by Crippen LogP contribution is 2.23. The van der Waals surface area contributed by atoms with Gasteiger partial charge < -0.3 is 0 Å². The van der Waals surface area contributed by atoms with E-state index in [2.05, 4.69) is 25.6 Å². The van der Waals surface area contributed by atoms with Gasteiger partial charge in [-0.15, -0.1) is 0 Å². The fraction of sp³-hybridized carbons (Fsp3) is 0.154. The van der Waals surface area contributed by atoms with Crippen molar-refractivity contribution in [2.75, 3.05) is 4.72 Å². The SMILES string of the molecule is Cc1ccc(Br)cc1S(=O)(=O)Nc1cccnc1C. The van der Waals surface area contributed by atoms with Gasteiger partial charge >= 0.3 is 0 Å². The summed E-state index contributed by atoms with van der Waals surface area (Å²) in [5.74, 6) is 0. The Labute approximate surface area is 121 Å². The van der Waals surface area contributed by atoms with E-state index in [1.54, 1.807) is 44.3 Å². The average molecular weight is 341 g/mol. The van der Waals surface area contributed by atoms with E-state index in [1.165, 1.54) is 0 Å². The number of aromatic nitrogens is 1. The zero-order valence-corrected chi connectivity index (χ0v) is 12.9. The molecule has 0 amide bonds. The lowest BCUT2D eigenvalue weighted by Gasteiger charge is -2.12. The predicted octanol–water partition coefficient (Wildman–Crippen LogP) is 3.26. The summed E-state index contributed by atoms with van der Waals surface area (Å²) < 4.78 is 28.0. The topological polar surface area (TPSA) is 59.1 Å². The van der Waals surface area contributed by atoms with E-state index in [1.807, 2.05) is 6.07 Å². The lowest BCUT2D eigenvalue weighted by Crippen LogP contribution is -2.15. The molecule has 2 rings (SSSR count). The molecule has 6 heteroatoms. The van der Waals surface area contributed by atoms with Crippen LogP contribution in [-0.4, -0.2) is 13.4 Å². The summed E-state index contributed by atoms with van der Waals surface area (Å²) in [5.41, 5.74) is 1.82. The number of hydrogen-bond acceptors (Lipinski definition) is 3. The van der Waals surface area contributed by atoms with E-state index in [4.69, 9.17) is 0 Å². The van der Waals surface area contributed by atoms with Crippen molar-refractivity contribution in [3.05, 3.63) is 52.3 Å². The lowest BCUT2D eigenvalue weighted by molar-refractivity contribution is 0.600. The molecule has 0 radical (unpaired) electrons. The third kappa shape index (κ3) is 3.13. The Morgan fingerprint density at radius 3 is 2.63 bits per heavy atom. The Hall–Kier alpha value is -1.40. The maximum Gasteiger partial charge on any atom is 0.262 e. The minimum Gasteiger partial charge on any atom is -0.278 e. The molecule has 0 aliphatic rings. The second-order valence-electron chi connectivity index (χ2n) is 4.15. The van der Waals surface area contributed by atoms with E-state index < -0.39 is 10.0 Å². The summed E-state index contributed by atoms with van der Waals surface area (Å²) in [4.78, 5) is 4.32. The molecule has 1 N–H and O–H groups in total. The third-order valence-electron chi connectivity index (χ3n) is 2.69. The van der Waals surface area contributed by atoms with Gasteiger partial charge in [-0.05, 0) is 43.7 Å². The van der Waals surface area contributed by atoms with Crippen molar-refractivity contribution in [2.45, 2.75) is 18.7 Å². The highest BCUT2D eigenvalue weighted by atomic mass is 79.9. The Morgan fingerprint density at radius 2 is 1.95 bits per heavy atom. The van der Waals surface area contributed by atoms with Crippen LogP contribution in [0.15, 0.2) is 45.9 Å². The smallest absolute Gasteiger partial charge is 0.262 e. The molecule has 0 atom stereocenters. The fourth-order valence-corrected chi connectivity index (χ4v) is 3.56. The Morgan fingerprint density at radius 1 is 1.21 bits per heavy atom. The molecule has 1 aromatic carbocycles. The van der Waals surface area contributed by atoms with Crippen LogP contribution >= 0.6 is 15.9 Å². The van der Waals surface area contributed by atoms with Crippen LogP contribution < -0.4 is 4.72 Å². The summed E-state index contributed by atoms with van der Waals surface area (Å²) >= 11 is 3.28. The summed E-state index contributed by atoms with van der Waals surface area (Å²) in [5, 5.41) is 0. The van der Waals surface area contributed by atoms with E-state index in [0.29, 0.717) is 16.9 Å². The van der Waals surface area contributed by atoms with Gasteiger partial charge in [-0.3, -0.25) is 9.71 Å². The Balaban J connectivity index is 2.44. The number of nitrogens with one attached hydrogen (secondary N) is 1. The molecular weight excluding hydrogens is 328 g/mol. The largest absolute Gasteiger partial charge is 0.278 e. The van der Waals surface area contributed by atoms with Crippen LogP contribution in [0.4, 0.5) is 5.69 Å². The van der Waals surface area contributed by atoms with Crippen molar-refractivity contribution in [1.82, 2.24) is 4.98 Å². The summed E-state index contributed by atoms with van der Waals surface area (Å²) in [6.07, 6.45) is 1.62. The van der Waals surface area contributed by atoms with E-state index in [-0.39, 0.29) is 4.90 Å². The molecule has 4 nitrogen and oxygen atoms in total. The number of pyridine rings is 1. The summed E-state index contributed by atoms with van der Waals surface area (Å²) in [7, 11) is -3.61. The number of anilines is 1. The maximum atomic E-state index is 12.4. The second-order valence-corrected chi connectivity index (χ2v) is 6.72. The van der Waals surface area contributed by atoms with Crippen molar-refractivity contribution in [1.29, 1.82) is 0 Å². The van der Waals surface area contributed by atoms with Crippen LogP contribution in [0, 0.1) is 13.8 Å². The van der Waals surface area contributed by atoms with Crippen molar-refractivity contribution < 1.29 is 8.42 Å². The van der Waals surface area contributed by atoms with Crippen LogP contribution in [0.25, 0.3) is 0 Å². The zero-order valence-electron chi connectivity index (χ0n) is 10.5. The molecule has 100 valence electrons. The molecule has 0 bridgehead atoms. The predicted molar refractivity (Wildman–Crippen MR) is 78.7 cm³/mol. The van der Waals surface area contributed by atoms with Gasteiger partial charge in [-0.25, -0.2) is 8.42 Å². The monoisotopic (exact) mass is 340 g/mol. The number of benzene rings is 1. The maximum absolute atomic E-state index is 12.4. The first-order valence-corrected chi connectivity index (χ1v) is 7.88. The van der Waals surface area contributed by atoms with Crippen LogP contribution in [0.1, 0.15) is 11.3 Å². The highest BCUT2D eigenvalue weighted by Gasteiger charge is 2.18. The van der Waals surface area contributed by atoms with Crippen molar-refractivity contribution in [2.24, 2.45) is 0 Å². The lowest BCUT2D eigenvalue weighted by atomic mass is 10.2. The minimum absolute atomic E-state index is 0.255. The number of hydrogen-bond donors (Lipinski definition) is 1. The van der Waals surface area contributed by atoms with Gasteiger partial charge in [0.2, 0.25) is 0 Å². The first-order valence-electron chi connectivity index (χ1n) is 5.61. The molecule has 0 aliphatic carbocycles. The normalized spacial score (nSPS) is 11.3. The highest BCUT2D eigenvalue weighted by molar-refractivity contribution is 9.10. The molecule has 0 saturated carbocycles. The molecular formula is C13H13BrN2O2S. The molecule has 1 heterocycles. The van der Waals surface area contributed by atoms with Crippen LogP contribution in [0.3, 0.4) is 0 Å². The number of sulfonamides is 1. The molecule has 2 aromatic rings. The van der Waals surface area contributed by atoms with Gasteiger partial charge in [0.15, 0.2) is 0 Å². The molecule has 19 heavy (non-hydrogen) atoms. The quantitative estimate of drug-likeness (QED) is 0.932. The first-order chi connectivity index (χ1) is 8.90. The standard InChI is InChI=1S/C13H13BrN2O2S/c1-9-5-6-11(14)8-13(9)19(17,18)16-12-4-3-7-15-10(12)2/h3-8,16H,1-2H3. The number of aryl methyl sites for hydroxylation is 2. The zero-order chi connectivity index (χ0) is 14.0. The van der Waals surface area contributed by atoms with E-state index in [9.17, 15) is 8.42 Å². The summed E-state index contributed by atoms with van der Waals surface area (Å²) in [6.45, 7) is 3.52. The van der Waals surface area contributed by atoms with Gasteiger partial charge in [0.1, 0.15) is 0 Å². The minimum atomic E-state index is -3.61. The van der Waals surface area contributed by atoms with Crippen molar-refractivity contribution >= 4 is 31.6 Å². The van der Waals surface area contributed by atoms with Crippen LogP contribution in [0.5, 0.6) is 0 Å². The van der Waals surface area contributed by atoms with Crippen molar-refractivity contribution in [3.8, 4) is 0 Å². The van der Waals surface area contributed by atoms with Crippen molar-refractivity contribution in [3.63, 3.8) is 0 Å². The number of rotatable bonds is 3. The third-order valence-corrected chi connectivity index (χ3v) is 4.69. The number of halogens is 1. The van der Waals surface area contributed by atoms with Gasteiger partial charge in [0.05, 0.1) is 16.3 Å². The van der Waals surface area contributed by atoms with Gasteiger partial charge in [0.25, 0.3) is 10.0 Å². The second kappa shape index (κ2) is 5.30.